The van der Waals surface area contributed by atoms with E-state index in [1.54, 1.807) is 6.20 Å². The summed E-state index contributed by atoms with van der Waals surface area (Å²) in [6, 6.07) is 0. The van der Waals surface area contributed by atoms with Crippen molar-refractivity contribution in [3.8, 4) is 0 Å². The third-order valence-corrected chi connectivity index (χ3v) is 5.65. The zero-order valence-corrected chi connectivity index (χ0v) is 16.7. The van der Waals surface area contributed by atoms with Gasteiger partial charge >= 0.3 is 0 Å². The van der Waals surface area contributed by atoms with Gasteiger partial charge in [0.25, 0.3) is 0 Å². The van der Waals surface area contributed by atoms with Crippen molar-refractivity contribution in [2.75, 3.05) is 24.7 Å². The highest BCUT2D eigenvalue weighted by Gasteiger charge is 2.21. The summed E-state index contributed by atoms with van der Waals surface area (Å²) in [6.45, 7) is 4.14. The molecule has 0 spiro atoms. The molecule has 0 aliphatic rings. The van der Waals surface area contributed by atoms with Crippen LogP contribution >= 0.6 is 27.5 Å². The Balaban J connectivity index is 2.23. The summed E-state index contributed by atoms with van der Waals surface area (Å²) in [5, 5.41) is 13.4. The van der Waals surface area contributed by atoms with Crippen LogP contribution in [0.2, 0.25) is 5.15 Å². The number of nitrogens with two attached hydrogens (primary N) is 1. The van der Waals surface area contributed by atoms with Gasteiger partial charge in [-0.15, -0.1) is 0 Å². The molecule has 0 amide bonds. The average molecular weight is 426 g/mol. The standard InChI is InChI=1S/C16H18BrClN6O/c1-8-5-24(25)10(9(2)13(8)17)6-23-7-11(22(3)4)12-14(18)20-16(19)21-15(12)23/h5,7H,6H2,1-4H3,(H2,19,20,21). The first-order valence-corrected chi connectivity index (χ1v) is 8.74. The molecule has 3 aromatic rings. The van der Waals surface area contributed by atoms with Gasteiger partial charge in [0, 0.05) is 35.9 Å². The zero-order chi connectivity index (χ0) is 18.5. The zero-order valence-electron chi connectivity index (χ0n) is 14.3. The van der Waals surface area contributed by atoms with Crippen molar-refractivity contribution in [3.05, 3.63) is 44.0 Å². The number of hydrogen-bond acceptors (Lipinski definition) is 5. The highest BCUT2D eigenvalue weighted by atomic mass is 79.9. The summed E-state index contributed by atoms with van der Waals surface area (Å²) in [5.74, 6) is 0.0963. The first-order chi connectivity index (χ1) is 11.7. The second-order valence-electron chi connectivity index (χ2n) is 6.13. The monoisotopic (exact) mass is 424 g/mol. The lowest BCUT2D eigenvalue weighted by Gasteiger charge is -2.12. The van der Waals surface area contributed by atoms with Crippen LogP contribution in [0.4, 0.5) is 11.6 Å². The maximum atomic E-state index is 12.4. The molecule has 0 aliphatic heterocycles. The maximum absolute atomic E-state index is 12.4. The molecule has 0 unspecified atom stereocenters. The fourth-order valence-corrected chi connectivity index (χ4v) is 3.45. The Labute approximate surface area is 158 Å². The van der Waals surface area contributed by atoms with E-state index < -0.39 is 0 Å². The van der Waals surface area contributed by atoms with Gasteiger partial charge in [-0.3, -0.25) is 0 Å². The molecule has 2 N–H and O–H groups in total. The Kier molecular flexibility index (Phi) is 4.51. The smallest absolute Gasteiger partial charge is 0.223 e. The van der Waals surface area contributed by atoms with Crippen molar-refractivity contribution >= 4 is 50.2 Å². The fourth-order valence-electron chi connectivity index (χ4n) is 2.85. The van der Waals surface area contributed by atoms with Crippen LogP contribution in [-0.4, -0.2) is 28.6 Å². The number of aromatic nitrogens is 4. The number of nitrogens with zero attached hydrogens (tertiary/aromatic N) is 5. The van der Waals surface area contributed by atoms with Gasteiger partial charge in [-0.25, -0.2) is 4.98 Å². The topological polar surface area (TPSA) is 86.9 Å². The molecular weight excluding hydrogens is 408 g/mol. The fraction of sp³-hybridized carbons (Fsp3) is 0.312. The number of hydrogen-bond donors (Lipinski definition) is 1. The number of anilines is 2. The molecule has 0 aliphatic carbocycles. The van der Waals surface area contributed by atoms with Crippen LogP contribution in [0.1, 0.15) is 16.8 Å². The van der Waals surface area contributed by atoms with Crippen molar-refractivity contribution in [1.82, 2.24) is 14.5 Å². The molecule has 3 heterocycles. The van der Waals surface area contributed by atoms with Gasteiger partial charge in [-0.1, -0.05) is 11.6 Å². The highest BCUT2D eigenvalue weighted by molar-refractivity contribution is 9.10. The van der Waals surface area contributed by atoms with Crippen molar-refractivity contribution in [2.45, 2.75) is 20.4 Å². The molecule has 7 nitrogen and oxygen atoms in total. The van der Waals surface area contributed by atoms with E-state index in [0.29, 0.717) is 28.4 Å². The predicted octanol–water partition coefficient (Wildman–Crippen LogP) is 2.79. The van der Waals surface area contributed by atoms with E-state index >= 15 is 0 Å². The highest BCUT2D eigenvalue weighted by Crippen LogP contribution is 2.33. The summed E-state index contributed by atoms with van der Waals surface area (Å²) in [5.41, 5.74) is 9.62. The van der Waals surface area contributed by atoms with Crippen LogP contribution in [0.15, 0.2) is 16.9 Å². The van der Waals surface area contributed by atoms with Gasteiger partial charge in [0.05, 0.1) is 11.1 Å². The van der Waals surface area contributed by atoms with E-state index in [0.717, 1.165) is 26.0 Å². The van der Waals surface area contributed by atoms with Gasteiger partial charge < -0.3 is 20.4 Å². The van der Waals surface area contributed by atoms with Gasteiger partial charge in [-0.2, -0.15) is 9.71 Å². The Bertz CT molecular complexity index is 985. The largest absolute Gasteiger partial charge is 0.618 e. The van der Waals surface area contributed by atoms with Crippen molar-refractivity contribution in [1.29, 1.82) is 0 Å². The van der Waals surface area contributed by atoms with E-state index in [2.05, 4.69) is 25.9 Å². The SMILES string of the molecule is Cc1c[n+]([O-])c(Cn2cc(N(C)C)c3c(Cl)nc(N)nc32)c(C)c1Br. The lowest BCUT2D eigenvalue weighted by atomic mass is 10.1. The number of fused-ring (bicyclic) bond motifs is 1. The van der Waals surface area contributed by atoms with E-state index in [-0.39, 0.29) is 5.95 Å². The molecule has 3 aromatic heterocycles. The molecular formula is C16H18BrClN6O. The third-order valence-electron chi connectivity index (χ3n) is 4.16. The summed E-state index contributed by atoms with van der Waals surface area (Å²) in [7, 11) is 3.82. The number of halogens is 2. The van der Waals surface area contributed by atoms with Crippen LogP contribution in [0.25, 0.3) is 11.0 Å². The quantitative estimate of drug-likeness (QED) is 0.396. The molecule has 0 radical (unpaired) electrons. The van der Waals surface area contributed by atoms with Gasteiger partial charge in [0.15, 0.2) is 6.20 Å². The second-order valence-corrected chi connectivity index (χ2v) is 7.28. The summed E-state index contributed by atoms with van der Waals surface area (Å²) in [6.07, 6.45) is 3.46. The Morgan fingerprint density at radius 3 is 2.68 bits per heavy atom. The van der Waals surface area contributed by atoms with Crippen molar-refractivity contribution in [2.24, 2.45) is 0 Å². The van der Waals surface area contributed by atoms with Crippen molar-refractivity contribution < 1.29 is 4.73 Å². The van der Waals surface area contributed by atoms with E-state index in [1.165, 1.54) is 0 Å². The molecule has 132 valence electrons. The first kappa shape index (κ1) is 17.8. The molecule has 3 rings (SSSR count). The van der Waals surface area contributed by atoms with Gasteiger partial charge in [0.2, 0.25) is 11.6 Å². The maximum Gasteiger partial charge on any atom is 0.223 e. The van der Waals surface area contributed by atoms with Crippen LogP contribution < -0.4 is 15.4 Å². The first-order valence-electron chi connectivity index (χ1n) is 7.57. The Morgan fingerprint density at radius 2 is 2.04 bits per heavy atom. The molecule has 9 heteroatoms. The lowest BCUT2D eigenvalue weighted by Crippen LogP contribution is -2.34. The normalized spacial score (nSPS) is 11.3. The van der Waals surface area contributed by atoms with Crippen molar-refractivity contribution in [3.63, 3.8) is 0 Å². The number of aryl methyl sites for hydroxylation is 1. The summed E-state index contributed by atoms with van der Waals surface area (Å²) < 4.78 is 3.68. The minimum Gasteiger partial charge on any atom is -0.618 e. The third kappa shape index (κ3) is 3.00. The Hall–Kier alpha value is -2.06. The second kappa shape index (κ2) is 6.34. The van der Waals surface area contributed by atoms with Crippen LogP contribution in [0, 0.1) is 19.1 Å². The Morgan fingerprint density at radius 1 is 1.36 bits per heavy atom. The van der Waals surface area contributed by atoms with Crippen LogP contribution in [-0.2, 0) is 6.54 Å². The molecule has 0 saturated carbocycles. The number of rotatable bonds is 3. The summed E-state index contributed by atoms with van der Waals surface area (Å²) >= 11 is 9.83. The number of pyridine rings is 1. The van der Waals surface area contributed by atoms with Crippen LogP contribution in [0.3, 0.4) is 0 Å². The molecule has 0 fully saturated rings. The average Bonchev–Trinajstić information content (AvgIpc) is 2.88. The molecule has 0 atom stereocenters. The molecule has 25 heavy (non-hydrogen) atoms. The minimum atomic E-state index is 0.0963. The van der Waals surface area contributed by atoms with E-state index in [1.807, 2.05) is 43.6 Å². The number of nitrogen functional groups attached to an aromatic ring is 1. The van der Waals surface area contributed by atoms with Crippen LogP contribution in [0.5, 0.6) is 0 Å². The molecule has 0 bridgehead atoms. The van der Waals surface area contributed by atoms with E-state index in [4.69, 9.17) is 17.3 Å². The molecule has 0 aromatic carbocycles. The van der Waals surface area contributed by atoms with Gasteiger partial charge in [-0.05, 0) is 29.8 Å². The van der Waals surface area contributed by atoms with E-state index in [9.17, 15) is 5.21 Å². The van der Waals surface area contributed by atoms with Gasteiger partial charge in [0.1, 0.15) is 17.3 Å². The molecule has 0 saturated heterocycles. The minimum absolute atomic E-state index is 0.0963. The predicted molar refractivity (Wildman–Crippen MR) is 103 cm³/mol. The lowest BCUT2D eigenvalue weighted by molar-refractivity contribution is -0.615. The summed E-state index contributed by atoms with van der Waals surface area (Å²) in [4.78, 5) is 10.3.